The van der Waals surface area contributed by atoms with Crippen LogP contribution in [0, 0.1) is 13.8 Å². The van der Waals surface area contributed by atoms with Crippen LogP contribution in [0.2, 0.25) is 0 Å². The summed E-state index contributed by atoms with van der Waals surface area (Å²) in [4.78, 5) is 15.8. The topological polar surface area (TPSA) is 55.1 Å². The Labute approximate surface area is 129 Å². The largest absolute Gasteiger partial charge is 0.422 e. The zero-order valence-corrected chi connectivity index (χ0v) is 12.8. The number of hydrogen-bond acceptors (Lipinski definition) is 5. The van der Waals surface area contributed by atoms with E-state index in [1.54, 1.807) is 0 Å². The monoisotopic (exact) mass is 294 g/mol. The van der Waals surface area contributed by atoms with Crippen LogP contribution >= 0.6 is 0 Å². The van der Waals surface area contributed by atoms with Crippen molar-refractivity contribution in [3.8, 4) is 0 Å². The molecule has 5 heteroatoms. The van der Waals surface area contributed by atoms with E-state index in [-0.39, 0.29) is 0 Å². The number of anilines is 1. The first kappa shape index (κ1) is 13.2. The number of aromatic nitrogens is 3. The fourth-order valence-electron chi connectivity index (χ4n) is 3.12. The maximum Gasteiger partial charge on any atom is 0.252 e. The Hall–Kier alpha value is -2.43. The lowest BCUT2D eigenvalue weighted by Gasteiger charge is -2.22. The molecule has 0 saturated carbocycles. The van der Waals surface area contributed by atoms with Crippen LogP contribution in [0.15, 0.2) is 28.7 Å². The number of aryl methyl sites for hydroxylation is 3. The molecule has 0 atom stereocenters. The summed E-state index contributed by atoms with van der Waals surface area (Å²) in [5, 5.41) is 0. The van der Waals surface area contributed by atoms with Gasteiger partial charge in [-0.3, -0.25) is 0 Å². The first-order chi connectivity index (χ1) is 10.7. The molecule has 0 bridgehead atoms. The Morgan fingerprint density at radius 2 is 1.86 bits per heavy atom. The number of rotatable bonds is 1. The number of benzene rings is 1. The summed E-state index contributed by atoms with van der Waals surface area (Å²) in [6.45, 7) is 5.56. The second-order valence-electron chi connectivity index (χ2n) is 5.77. The summed E-state index contributed by atoms with van der Waals surface area (Å²) in [6.07, 6.45) is 2.22. The summed E-state index contributed by atoms with van der Waals surface area (Å²) in [5.41, 5.74) is 4.15. The van der Waals surface area contributed by atoms with E-state index in [1.807, 2.05) is 13.8 Å². The van der Waals surface area contributed by atoms with E-state index in [0.717, 1.165) is 43.1 Å². The van der Waals surface area contributed by atoms with Crippen LogP contribution in [-0.2, 0) is 13.0 Å². The molecule has 4 rings (SSSR count). The van der Waals surface area contributed by atoms with Crippen LogP contribution in [0.5, 0.6) is 0 Å². The van der Waals surface area contributed by atoms with Crippen molar-refractivity contribution in [3.05, 3.63) is 47.1 Å². The molecule has 22 heavy (non-hydrogen) atoms. The summed E-state index contributed by atoms with van der Waals surface area (Å²) in [7, 11) is 0. The predicted octanol–water partition coefficient (Wildman–Crippen LogP) is 3.19. The van der Waals surface area contributed by atoms with Gasteiger partial charge in [-0.15, -0.1) is 0 Å². The molecule has 0 aliphatic carbocycles. The van der Waals surface area contributed by atoms with E-state index in [4.69, 9.17) is 4.42 Å². The average molecular weight is 294 g/mol. The van der Waals surface area contributed by atoms with Crippen molar-refractivity contribution in [3.63, 3.8) is 0 Å². The highest BCUT2D eigenvalue weighted by Gasteiger charge is 2.21. The average Bonchev–Trinajstić information content (AvgIpc) is 2.74. The SMILES string of the molecule is Cc1nc(N2CCCc3ccccc3C2)c2nc(C)oc2n1. The molecular formula is C17H18N4O. The zero-order chi connectivity index (χ0) is 15.1. The lowest BCUT2D eigenvalue weighted by Crippen LogP contribution is -2.24. The lowest BCUT2D eigenvalue weighted by atomic mass is 10.0. The molecule has 0 spiro atoms. The van der Waals surface area contributed by atoms with Crippen LogP contribution in [0.4, 0.5) is 5.82 Å². The highest BCUT2D eigenvalue weighted by Crippen LogP contribution is 2.28. The van der Waals surface area contributed by atoms with Gasteiger partial charge in [-0.1, -0.05) is 24.3 Å². The molecule has 0 unspecified atom stereocenters. The van der Waals surface area contributed by atoms with Crippen molar-refractivity contribution >= 4 is 17.0 Å². The summed E-state index contributed by atoms with van der Waals surface area (Å²) < 4.78 is 5.59. The Bertz CT molecular complexity index is 840. The Kier molecular flexibility index (Phi) is 3.06. The van der Waals surface area contributed by atoms with Gasteiger partial charge in [0.05, 0.1) is 0 Å². The molecule has 3 heterocycles. The fraction of sp³-hybridized carbons (Fsp3) is 0.353. The van der Waals surface area contributed by atoms with E-state index in [9.17, 15) is 0 Å². The molecule has 1 aliphatic rings. The van der Waals surface area contributed by atoms with E-state index < -0.39 is 0 Å². The van der Waals surface area contributed by atoms with Gasteiger partial charge in [-0.2, -0.15) is 4.98 Å². The highest BCUT2D eigenvalue weighted by molar-refractivity contribution is 5.82. The molecule has 3 aromatic rings. The van der Waals surface area contributed by atoms with Crippen LogP contribution in [0.25, 0.3) is 11.2 Å². The highest BCUT2D eigenvalue weighted by atomic mass is 16.4. The van der Waals surface area contributed by atoms with Crippen LogP contribution in [-0.4, -0.2) is 21.5 Å². The van der Waals surface area contributed by atoms with Crippen LogP contribution in [0.3, 0.4) is 0 Å². The Morgan fingerprint density at radius 3 is 2.73 bits per heavy atom. The molecule has 0 saturated heterocycles. The molecule has 1 aliphatic heterocycles. The molecule has 0 fully saturated rings. The number of nitrogens with zero attached hydrogens (tertiary/aromatic N) is 4. The van der Waals surface area contributed by atoms with Crippen molar-refractivity contribution in [1.29, 1.82) is 0 Å². The van der Waals surface area contributed by atoms with Gasteiger partial charge in [0.15, 0.2) is 17.2 Å². The molecular weight excluding hydrogens is 276 g/mol. The molecule has 0 radical (unpaired) electrons. The molecule has 5 nitrogen and oxygen atoms in total. The molecule has 0 N–H and O–H groups in total. The first-order valence-electron chi connectivity index (χ1n) is 7.64. The van der Waals surface area contributed by atoms with E-state index in [1.165, 1.54) is 11.1 Å². The summed E-state index contributed by atoms with van der Waals surface area (Å²) in [5.74, 6) is 2.23. The number of oxazole rings is 1. The normalized spacial score (nSPS) is 14.9. The molecule has 112 valence electrons. The van der Waals surface area contributed by atoms with Gasteiger partial charge < -0.3 is 9.32 Å². The van der Waals surface area contributed by atoms with Crippen LogP contribution < -0.4 is 4.90 Å². The molecule has 0 amide bonds. The molecule has 1 aromatic carbocycles. The smallest absolute Gasteiger partial charge is 0.252 e. The third-order valence-corrected chi connectivity index (χ3v) is 4.11. The Balaban J connectivity index is 1.82. The standard InChI is InChI=1S/C17H18N4O/c1-11-18-16(15-17(19-11)22-12(2)20-15)21-9-5-8-13-6-3-4-7-14(13)10-21/h3-4,6-7H,5,8-10H2,1-2H3. The van der Waals surface area contributed by atoms with E-state index in [0.29, 0.717) is 11.6 Å². The van der Waals surface area contributed by atoms with E-state index in [2.05, 4.69) is 44.1 Å². The lowest BCUT2D eigenvalue weighted by molar-refractivity contribution is 0.550. The van der Waals surface area contributed by atoms with Gasteiger partial charge in [0.2, 0.25) is 0 Å². The van der Waals surface area contributed by atoms with Gasteiger partial charge in [-0.25, -0.2) is 9.97 Å². The minimum Gasteiger partial charge on any atom is -0.422 e. The summed E-state index contributed by atoms with van der Waals surface area (Å²) >= 11 is 0. The van der Waals surface area contributed by atoms with Crippen LogP contribution in [0.1, 0.15) is 29.3 Å². The second kappa shape index (κ2) is 5.09. The van der Waals surface area contributed by atoms with Crippen molar-refractivity contribution in [2.24, 2.45) is 0 Å². The zero-order valence-electron chi connectivity index (χ0n) is 12.8. The minimum atomic E-state index is 0.581. The van der Waals surface area contributed by atoms with Gasteiger partial charge in [0.1, 0.15) is 5.82 Å². The van der Waals surface area contributed by atoms with Gasteiger partial charge in [0.25, 0.3) is 5.71 Å². The maximum atomic E-state index is 5.59. The summed E-state index contributed by atoms with van der Waals surface area (Å²) in [6, 6.07) is 8.64. The quantitative estimate of drug-likeness (QED) is 0.690. The second-order valence-corrected chi connectivity index (χ2v) is 5.77. The van der Waals surface area contributed by atoms with Gasteiger partial charge >= 0.3 is 0 Å². The maximum absolute atomic E-state index is 5.59. The number of fused-ring (bicyclic) bond motifs is 2. The van der Waals surface area contributed by atoms with Crippen molar-refractivity contribution in [2.45, 2.75) is 33.2 Å². The van der Waals surface area contributed by atoms with E-state index >= 15 is 0 Å². The predicted molar refractivity (Wildman–Crippen MR) is 84.9 cm³/mol. The Morgan fingerprint density at radius 1 is 1.05 bits per heavy atom. The number of hydrogen-bond donors (Lipinski definition) is 0. The van der Waals surface area contributed by atoms with Crippen molar-refractivity contribution in [2.75, 3.05) is 11.4 Å². The van der Waals surface area contributed by atoms with Crippen molar-refractivity contribution < 1.29 is 4.42 Å². The third-order valence-electron chi connectivity index (χ3n) is 4.11. The third kappa shape index (κ3) is 2.22. The van der Waals surface area contributed by atoms with Gasteiger partial charge in [-0.05, 0) is 30.9 Å². The first-order valence-corrected chi connectivity index (χ1v) is 7.64. The fourth-order valence-corrected chi connectivity index (χ4v) is 3.12. The molecule has 2 aromatic heterocycles. The van der Waals surface area contributed by atoms with Crippen molar-refractivity contribution in [1.82, 2.24) is 15.0 Å². The minimum absolute atomic E-state index is 0.581. The van der Waals surface area contributed by atoms with Gasteiger partial charge in [0, 0.05) is 20.0 Å².